The summed E-state index contributed by atoms with van der Waals surface area (Å²) in [5.74, 6) is -0.488. The summed E-state index contributed by atoms with van der Waals surface area (Å²) in [6.07, 6.45) is 62.5. The van der Waals surface area contributed by atoms with E-state index in [-0.39, 0.29) is 25.7 Å². The minimum atomic E-state index is -4.96. The van der Waals surface area contributed by atoms with Gasteiger partial charge in [-0.15, -0.1) is 0 Å². The van der Waals surface area contributed by atoms with Crippen LogP contribution in [0.4, 0.5) is 0 Å². The van der Waals surface area contributed by atoms with Gasteiger partial charge in [0.2, 0.25) is 0 Å². The second-order valence-corrected chi connectivity index (χ2v) is 33.0. The molecule has 0 radical (unpaired) electrons. The van der Waals surface area contributed by atoms with Gasteiger partial charge in [-0.2, -0.15) is 0 Å². The molecule has 0 saturated carbocycles. The second kappa shape index (κ2) is 72.6. The van der Waals surface area contributed by atoms with E-state index in [1.165, 1.54) is 238 Å². The van der Waals surface area contributed by atoms with Crippen molar-refractivity contribution in [3.05, 3.63) is 0 Å². The molecule has 0 fully saturated rings. The van der Waals surface area contributed by atoms with E-state index < -0.39 is 97.5 Å². The van der Waals surface area contributed by atoms with E-state index >= 15 is 0 Å². The fraction of sp³-hybridized carbons (Fsp3) is 0.951. The van der Waals surface area contributed by atoms with Crippen molar-refractivity contribution in [3.63, 3.8) is 0 Å². The third-order valence-electron chi connectivity index (χ3n) is 19.0. The molecule has 0 aliphatic heterocycles. The number of phosphoric acid groups is 2. The molecule has 0 amide bonds. The third kappa shape index (κ3) is 74.3. The van der Waals surface area contributed by atoms with Gasteiger partial charge in [0, 0.05) is 25.7 Å². The average molecular weight is 1470 g/mol. The van der Waals surface area contributed by atoms with Gasteiger partial charge in [0.05, 0.1) is 26.4 Å². The topological polar surface area (TPSA) is 237 Å². The van der Waals surface area contributed by atoms with E-state index in [0.717, 1.165) is 108 Å². The number of aliphatic hydroxyl groups excluding tert-OH is 1. The minimum absolute atomic E-state index is 0.108. The zero-order valence-electron chi connectivity index (χ0n) is 65.5. The van der Waals surface area contributed by atoms with Gasteiger partial charge in [-0.25, -0.2) is 9.13 Å². The van der Waals surface area contributed by atoms with Gasteiger partial charge in [-0.3, -0.25) is 37.3 Å². The number of hydrogen-bond acceptors (Lipinski definition) is 15. The molecule has 594 valence electrons. The lowest BCUT2D eigenvalue weighted by Crippen LogP contribution is -2.30. The van der Waals surface area contributed by atoms with Crippen molar-refractivity contribution < 1.29 is 80.2 Å². The van der Waals surface area contributed by atoms with Crippen molar-refractivity contribution in [2.75, 3.05) is 39.6 Å². The molecular weight excluding hydrogens is 1310 g/mol. The molecule has 2 unspecified atom stereocenters. The van der Waals surface area contributed by atoms with Crippen LogP contribution in [0.5, 0.6) is 0 Å². The highest BCUT2D eigenvalue weighted by Crippen LogP contribution is 2.45. The molecule has 19 heteroatoms. The number of esters is 4. The second-order valence-electron chi connectivity index (χ2n) is 30.1. The lowest BCUT2D eigenvalue weighted by atomic mass is 10.0. The van der Waals surface area contributed by atoms with Crippen LogP contribution in [0.2, 0.25) is 0 Å². The Bertz CT molecular complexity index is 1920. The van der Waals surface area contributed by atoms with Gasteiger partial charge in [0.25, 0.3) is 0 Å². The Kier molecular flexibility index (Phi) is 71.2. The first kappa shape index (κ1) is 98.1. The van der Waals surface area contributed by atoms with Crippen molar-refractivity contribution in [3.8, 4) is 0 Å². The van der Waals surface area contributed by atoms with Crippen molar-refractivity contribution >= 4 is 39.5 Å². The first-order chi connectivity index (χ1) is 48.4. The zero-order chi connectivity index (χ0) is 73.5. The maximum absolute atomic E-state index is 13.1. The summed E-state index contributed by atoms with van der Waals surface area (Å²) in [6, 6.07) is 0. The zero-order valence-corrected chi connectivity index (χ0v) is 67.3. The Morgan fingerprint density at radius 1 is 0.270 bits per heavy atom. The minimum Gasteiger partial charge on any atom is -0.462 e. The quantitative estimate of drug-likeness (QED) is 0.0222. The normalized spacial score (nSPS) is 13.9. The number of hydrogen-bond donors (Lipinski definition) is 3. The molecule has 0 bridgehead atoms. The molecule has 0 aromatic carbocycles. The predicted molar refractivity (Wildman–Crippen MR) is 409 cm³/mol. The molecule has 0 aromatic rings. The Morgan fingerprint density at radius 3 is 0.680 bits per heavy atom. The van der Waals surface area contributed by atoms with E-state index in [1.807, 2.05) is 0 Å². The van der Waals surface area contributed by atoms with Crippen LogP contribution in [-0.2, 0) is 65.4 Å². The largest absolute Gasteiger partial charge is 0.472 e. The number of aliphatic hydroxyl groups is 1. The number of unbranched alkanes of at least 4 members (excludes halogenated alkanes) is 50. The Morgan fingerprint density at radius 2 is 0.460 bits per heavy atom. The maximum Gasteiger partial charge on any atom is 0.472 e. The molecule has 0 aliphatic rings. The summed E-state index contributed by atoms with van der Waals surface area (Å²) < 4.78 is 68.6. The predicted octanol–water partition coefficient (Wildman–Crippen LogP) is 24.3. The Balaban J connectivity index is 5.20. The molecule has 5 atom stereocenters. The van der Waals surface area contributed by atoms with E-state index in [1.54, 1.807) is 0 Å². The molecule has 0 aromatic heterocycles. The van der Waals surface area contributed by atoms with Crippen LogP contribution >= 0.6 is 15.6 Å². The van der Waals surface area contributed by atoms with E-state index in [9.17, 15) is 43.2 Å². The van der Waals surface area contributed by atoms with Gasteiger partial charge in [-0.05, 0) is 37.5 Å². The van der Waals surface area contributed by atoms with Crippen LogP contribution in [0, 0.1) is 11.8 Å². The first-order valence-electron chi connectivity index (χ1n) is 42.0. The van der Waals surface area contributed by atoms with Gasteiger partial charge < -0.3 is 33.8 Å². The molecule has 0 saturated heterocycles. The lowest BCUT2D eigenvalue weighted by molar-refractivity contribution is -0.161. The van der Waals surface area contributed by atoms with Crippen LogP contribution in [-0.4, -0.2) is 96.7 Å². The summed E-state index contributed by atoms with van der Waals surface area (Å²) >= 11 is 0. The van der Waals surface area contributed by atoms with E-state index in [2.05, 4.69) is 41.5 Å². The highest BCUT2D eigenvalue weighted by molar-refractivity contribution is 7.47. The Hall–Kier alpha value is -1.94. The summed E-state index contributed by atoms with van der Waals surface area (Å²) in [6.45, 7) is 9.67. The SMILES string of the molecule is CCCCCCCCCCCCCCCCC(=O)O[C@H](COC(=O)CCCCCCCCCC)COP(=O)(O)OC[C@H](O)COP(=O)(O)OC[C@@H](COC(=O)CCCCCCCCCCCCCCCCCCC(C)C)OC(=O)CCCCCCCCCCCCCCCCCCC(C)C. The van der Waals surface area contributed by atoms with Crippen molar-refractivity contribution in [1.29, 1.82) is 0 Å². The standard InChI is InChI=1S/C81H158O17P2/c1-7-9-11-13-15-17-18-19-30-36-41-47-53-59-65-80(85)97-76(69-91-78(83)63-57-51-45-16-14-12-10-8-2)71-95-99(87,88)93-67-75(82)68-94-100(89,90)96-72-77(98-81(86)66-60-54-48-42-37-32-27-23-21-25-29-34-39-44-50-56-62-74(5)6)70-92-79(84)64-58-52-46-40-35-31-26-22-20-24-28-33-38-43-49-55-61-73(3)4/h73-77,82H,7-72H2,1-6H3,(H,87,88)(H,89,90)/t75-,76+,77+/m0/s1. The molecule has 0 aliphatic carbocycles. The van der Waals surface area contributed by atoms with Crippen molar-refractivity contribution in [2.24, 2.45) is 11.8 Å². The van der Waals surface area contributed by atoms with Gasteiger partial charge in [0.1, 0.15) is 19.3 Å². The summed E-state index contributed by atoms with van der Waals surface area (Å²) in [5.41, 5.74) is 0. The number of phosphoric ester groups is 2. The maximum atomic E-state index is 13.1. The fourth-order valence-electron chi connectivity index (χ4n) is 12.5. The number of ether oxygens (including phenoxy) is 4. The van der Waals surface area contributed by atoms with Crippen LogP contribution < -0.4 is 0 Å². The van der Waals surface area contributed by atoms with Crippen LogP contribution in [0.15, 0.2) is 0 Å². The summed E-state index contributed by atoms with van der Waals surface area (Å²) in [7, 11) is -9.91. The number of carbonyl (C=O) groups excluding carboxylic acids is 4. The van der Waals surface area contributed by atoms with Crippen molar-refractivity contribution in [2.45, 2.75) is 445 Å². The monoisotopic (exact) mass is 1470 g/mol. The molecule has 17 nitrogen and oxygen atoms in total. The number of carbonyl (C=O) groups is 4. The first-order valence-corrected chi connectivity index (χ1v) is 45.0. The molecule has 3 N–H and O–H groups in total. The van der Waals surface area contributed by atoms with E-state index in [0.29, 0.717) is 25.7 Å². The fourth-order valence-corrected chi connectivity index (χ4v) is 14.1. The molecule has 0 heterocycles. The highest BCUT2D eigenvalue weighted by Gasteiger charge is 2.30. The number of rotatable bonds is 80. The van der Waals surface area contributed by atoms with Gasteiger partial charge in [0.15, 0.2) is 12.2 Å². The van der Waals surface area contributed by atoms with Crippen LogP contribution in [0.25, 0.3) is 0 Å². The average Bonchev–Trinajstić information content (AvgIpc) is 0.912. The highest BCUT2D eigenvalue weighted by atomic mass is 31.2. The van der Waals surface area contributed by atoms with Gasteiger partial charge >= 0.3 is 39.5 Å². The Labute approximate surface area is 613 Å². The smallest absolute Gasteiger partial charge is 0.462 e. The molecule has 0 spiro atoms. The van der Waals surface area contributed by atoms with Crippen LogP contribution in [0.1, 0.15) is 427 Å². The third-order valence-corrected chi connectivity index (χ3v) is 20.9. The summed E-state index contributed by atoms with van der Waals surface area (Å²) in [5, 5.41) is 10.6. The van der Waals surface area contributed by atoms with Crippen molar-refractivity contribution in [1.82, 2.24) is 0 Å². The molecular formula is C81H158O17P2. The van der Waals surface area contributed by atoms with Crippen LogP contribution in [0.3, 0.4) is 0 Å². The summed E-state index contributed by atoms with van der Waals surface area (Å²) in [4.78, 5) is 72.9. The lowest BCUT2D eigenvalue weighted by Gasteiger charge is -2.21. The molecule has 100 heavy (non-hydrogen) atoms. The molecule has 0 rings (SSSR count). The van der Waals surface area contributed by atoms with E-state index in [4.69, 9.17) is 37.0 Å². The van der Waals surface area contributed by atoms with Gasteiger partial charge in [-0.1, -0.05) is 375 Å².